The van der Waals surface area contributed by atoms with E-state index in [-0.39, 0.29) is 5.78 Å². The van der Waals surface area contributed by atoms with Crippen LogP contribution in [0.4, 0.5) is 0 Å². The van der Waals surface area contributed by atoms with Gasteiger partial charge < -0.3 is 4.57 Å². The quantitative estimate of drug-likeness (QED) is 0.510. The van der Waals surface area contributed by atoms with Crippen LogP contribution in [0.2, 0.25) is 0 Å². The van der Waals surface area contributed by atoms with Crippen molar-refractivity contribution < 1.29 is 4.79 Å². The van der Waals surface area contributed by atoms with Crippen LogP contribution < -0.4 is 0 Å². The first-order chi connectivity index (χ1) is 7.77. The fraction of sp³-hybridized carbons (Fsp3) is 0.615. The van der Waals surface area contributed by atoms with E-state index in [4.69, 9.17) is 0 Å². The van der Waals surface area contributed by atoms with E-state index in [0.29, 0.717) is 6.42 Å². The first-order valence-electron chi connectivity index (χ1n) is 6.04. The Labute approximate surface area is 102 Å². The maximum absolute atomic E-state index is 11.6. The SMILES string of the molecule is CCCC(=O)c1ccn(CCCSCC)c1. The van der Waals surface area contributed by atoms with Crippen molar-refractivity contribution in [1.29, 1.82) is 0 Å². The first kappa shape index (κ1) is 13.4. The number of Topliss-reactive ketones (excluding diaryl/α,β-unsaturated/α-hetero) is 1. The molecule has 0 atom stereocenters. The molecular formula is C13H21NOS. The molecule has 1 rings (SSSR count). The van der Waals surface area contributed by atoms with Gasteiger partial charge in [-0.15, -0.1) is 0 Å². The third-order valence-corrected chi connectivity index (χ3v) is 3.44. The maximum atomic E-state index is 11.6. The standard InChI is InChI=1S/C13H21NOS/c1-3-6-13(15)12-7-9-14(11-12)8-5-10-16-4-2/h7,9,11H,3-6,8,10H2,1-2H3. The molecule has 0 aliphatic rings. The molecule has 90 valence electrons. The van der Waals surface area contributed by atoms with Gasteiger partial charge in [0.15, 0.2) is 5.78 Å². The Balaban J connectivity index is 2.36. The van der Waals surface area contributed by atoms with Crippen molar-refractivity contribution >= 4 is 17.5 Å². The second-order valence-electron chi connectivity index (χ2n) is 3.86. The van der Waals surface area contributed by atoms with Gasteiger partial charge in [-0.25, -0.2) is 0 Å². The van der Waals surface area contributed by atoms with Gasteiger partial charge in [-0.1, -0.05) is 13.8 Å². The van der Waals surface area contributed by atoms with E-state index >= 15 is 0 Å². The topological polar surface area (TPSA) is 22.0 Å². The zero-order chi connectivity index (χ0) is 11.8. The van der Waals surface area contributed by atoms with Gasteiger partial charge >= 0.3 is 0 Å². The predicted octanol–water partition coefficient (Wildman–Crippen LogP) is 3.61. The number of thioether (sulfide) groups is 1. The molecule has 3 heteroatoms. The second kappa shape index (κ2) is 7.55. The average molecular weight is 239 g/mol. The number of aromatic nitrogens is 1. The highest BCUT2D eigenvalue weighted by Crippen LogP contribution is 2.08. The van der Waals surface area contributed by atoms with E-state index in [1.807, 2.05) is 37.1 Å². The van der Waals surface area contributed by atoms with Crippen molar-refractivity contribution in [2.75, 3.05) is 11.5 Å². The first-order valence-corrected chi connectivity index (χ1v) is 7.20. The number of hydrogen-bond donors (Lipinski definition) is 0. The highest BCUT2D eigenvalue weighted by atomic mass is 32.2. The molecule has 1 heterocycles. The lowest BCUT2D eigenvalue weighted by Crippen LogP contribution is -1.98. The summed E-state index contributed by atoms with van der Waals surface area (Å²) in [7, 11) is 0. The van der Waals surface area contributed by atoms with Gasteiger partial charge in [0.05, 0.1) is 0 Å². The summed E-state index contributed by atoms with van der Waals surface area (Å²) in [6.07, 6.45) is 6.76. The van der Waals surface area contributed by atoms with Gasteiger partial charge in [-0.2, -0.15) is 11.8 Å². The summed E-state index contributed by atoms with van der Waals surface area (Å²) in [6.45, 7) is 5.24. The molecule has 0 saturated carbocycles. The molecule has 0 radical (unpaired) electrons. The molecule has 0 saturated heterocycles. The third-order valence-electron chi connectivity index (χ3n) is 2.46. The number of rotatable bonds is 8. The van der Waals surface area contributed by atoms with Crippen molar-refractivity contribution in [2.24, 2.45) is 0 Å². The van der Waals surface area contributed by atoms with Crippen LogP contribution >= 0.6 is 11.8 Å². The lowest BCUT2D eigenvalue weighted by atomic mass is 10.1. The van der Waals surface area contributed by atoms with E-state index in [1.165, 1.54) is 17.9 Å². The van der Waals surface area contributed by atoms with E-state index in [9.17, 15) is 4.79 Å². The monoisotopic (exact) mass is 239 g/mol. The summed E-state index contributed by atoms with van der Waals surface area (Å²) in [5.74, 6) is 2.66. The van der Waals surface area contributed by atoms with Crippen molar-refractivity contribution in [1.82, 2.24) is 4.57 Å². The largest absolute Gasteiger partial charge is 0.353 e. The summed E-state index contributed by atoms with van der Waals surface area (Å²) >= 11 is 1.97. The Morgan fingerprint density at radius 1 is 1.44 bits per heavy atom. The van der Waals surface area contributed by atoms with Crippen LogP contribution in [0.5, 0.6) is 0 Å². The van der Waals surface area contributed by atoms with Crippen LogP contribution in [0.1, 0.15) is 43.5 Å². The average Bonchev–Trinajstić information content (AvgIpc) is 2.73. The Morgan fingerprint density at radius 2 is 2.25 bits per heavy atom. The lowest BCUT2D eigenvalue weighted by Gasteiger charge is -2.01. The molecular weight excluding hydrogens is 218 g/mol. The summed E-state index contributed by atoms with van der Waals surface area (Å²) in [4.78, 5) is 11.6. The number of carbonyl (C=O) groups excluding carboxylic acids is 1. The van der Waals surface area contributed by atoms with Gasteiger partial charge in [0.1, 0.15) is 0 Å². The predicted molar refractivity (Wildman–Crippen MR) is 71.3 cm³/mol. The molecule has 0 bridgehead atoms. The van der Waals surface area contributed by atoms with Crippen molar-refractivity contribution in [3.8, 4) is 0 Å². The normalized spacial score (nSPS) is 10.6. The van der Waals surface area contributed by atoms with Gasteiger partial charge in [-0.3, -0.25) is 4.79 Å². The molecule has 0 spiro atoms. The molecule has 0 aliphatic heterocycles. The highest BCUT2D eigenvalue weighted by molar-refractivity contribution is 7.99. The van der Waals surface area contributed by atoms with Crippen molar-refractivity contribution in [3.05, 3.63) is 24.0 Å². The molecule has 0 N–H and O–H groups in total. The fourth-order valence-corrected chi connectivity index (χ4v) is 2.23. The number of hydrogen-bond acceptors (Lipinski definition) is 2. The number of aryl methyl sites for hydroxylation is 1. The summed E-state index contributed by atoms with van der Waals surface area (Å²) in [6, 6.07) is 1.94. The van der Waals surface area contributed by atoms with E-state index in [0.717, 1.165) is 18.5 Å². The summed E-state index contributed by atoms with van der Waals surface area (Å²) in [5.41, 5.74) is 0.866. The second-order valence-corrected chi connectivity index (χ2v) is 5.26. The van der Waals surface area contributed by atoms with Crippen molar-refractivity contribution in [3.63, 3.8) is 0 Å². The Morgan fingerprint density at radius 3 is 2.94 bits per heavy atom. The van der Waals surface area contributed by atoms with E-state index < -0.39 is 0 Å². The minimum absolute atomic E-state index is 0.268. The van der Waals surface area contributed by atoms with Gasteiger partial charge in [0.25, 0.3) is 0 Å². The maximum Gasteiger partial charge on any atom is 0.164 e. The highest BCUT2D eigenvalue weighted by Gasteiger charge is 2.05. The van der Waals surface area contributed by atoms with Gasteiger partial charge in [0, 0.05) is 30.9 Å². The Hall–Kier alpha value is -0.700. The van der Waals surface area contributed by atoms with Crippen molar-refractivity contribution in [2.45, 2.75) is 39.7 Å². The van der Waals surface area contributed by atoms with E-state index in [1.54, 1.807) is 0 Å². The molecule has 0 unspecified atom stereocenters. The zero-order valence-electron chi connectivity index (χ0n) is 10.2. The number of nitrogens with zero attached hydrogens (tertiary/aromatic N) is 1. The summed E-state index contributed by atoms with van der Waals surface area (Å²) in [5, 5.41) is 0. The molecule has 0 fully saturated rings. The smallest absolute Gasteiger partial charge is 0.164 e. The zero-order valence-corrected chi connectivity index (χ0v) is 11.1. The van der Waals surface area contributed by atoms with Crippen LogP contribution in [-0.4, -0.2) is 21.9 Å². The van der Waals surface area contributed by atoms with Gasteiger partial charge in [0.2, 0.25) is 0 Å². The Kier molecular flexibility index (Phi) is 6.31. The number of ketones is 1. The van der Waals surface area contributed by atoms with Crippen LogP contribution in [0.3, 0.4) is 0 Å². The minimum Gasteiger partial charge on any atom is -0.353 e. The minimum atomic E-state index is 0.268. The van der Waals surface area contributed by atoms with Crippen LogP contribution in [0, 0.1) is 0 Å². The molecule has 0 aliphatic carbocycles. The molecule has 16 heavy (non-hydrogen) atoms. The summed E-state index contributed by atoms with van der Waals surface area (Å²) < 4.78 is 2.12. The van der Waals surface area contributed by atoms with Crippen LogP contribution in [0.15, 0.2) is 18.5 Å². The molecule has 0 amide bonds. The van der Waals surface area contributed by atoms with Crippen LogP contribution in [0.25, 0.3) is 0 Å². The van der Waals surface area contributed by atoms with E-state index in [2.05, 4.69) is 11.5 Å². The third kappa shape index (κ3) is 4.44. The Bertz CT molecular complexity index is 319. The molecule has 0 aromatic carbocycles. The fourth-order valence-electron chi connectivity index (χ4n) is 1.61. The lowest BCUT2D eigenvalue weighted by molar-refractivity contribution is 0.0981. The van der Waals surface area contributed by atoms with Gasteiger partial charge in [-0.05, 0) is 30.4 Å². The number of carbonyl (C=O) groups is 1. The van der Waals surface area contributed by atoms with Crippen LogP contribution in [-0.2, 0) is 6.54 Å². The molecule has 2 nitrogen and oxygen atoms in total. The molecule has 1 aromatic rings. The molecule has 1 aromatic heterocycles.